The summed E-state index contributed by atoms with van der Waals surface area (Å²) in [5, 5.41) is 2.95. The summed E-state index contributed by atoms with van der Waals surface area (Å²) < 4.78 is 65.0. The minimum absolute atomic E-state index is 0.0677. The molecule has 3 heterocycles. The first-order chi connectivity index (χ1) is 17.2. The summed E-state index contributed by atoms with van der Waals surface area (Å²) in [5.74, 6) is 0.0967. The molecular formula is C24H20F4N6O2. The number of aryl methyl sites for hydroxylation is 1. The molecule has 0 spiro atoms. The van der Waals surface area contributed by atoms with Crippen LogP contribution in [0.1, 0.15) is 17.3 Å². The van der Waals surface area contributed by atoms with E-state index in [1.54, 1.807) is 47.0 Å². The highest BCUT2D eigenvalue weighted by Crippen LogP contribution is 2.40. The van der Waals surface area contributed by atoms with Crippen LogP contribution in [-0.2, 0) is 0 Å². The Morgan fingerprint density at radius 2 is 1.94 bits per heavy atom. The smallest absolute Gasteiger partial charge is 0.486 e. The van der Waals surface area contributed by atoms with E-state index in [1.807, 2.05) is 6.92 Å². The van der Waals surface area contributed by atoms with Gasteiger partial charge in [-0.05, 0) is 31.2 Å². The molecule has 0 fully saturated rings. The average molecular weight is 500 g/mol. The van der Waals surface area contributed by atoms with E-state index < -0.39 is 18.2 Å². The maximum absolute atomic E-state index is 14.7. The van der Waals surface area contributed by atoms with Gasteiger partial charge in [0.1, 0.15) is 18.2 Å². The Balaban J connectivity index is 1.39. The second-order valence-electron chi connectivity index (χ2n) is 8.12. The first-order valence-electron chi connectivity index (χ1n) is 10.8. The van der Waals surface area contributed by atoms with Gasteiger partial charge in [0.2, 0.25) is 5.95 Å². The van der Waals surface area contributed by atoms with Gasteiger partial charge in [-0.2, -0.15) is 4.98 Å². The number of hydrogen-bond donors (Lipinski definition) is 1. The number of rotatable bonds is 5. The van der Waals surface area contributed by atoms with E-state index in [4.69, 9.17) is 4.74 Å². The van der Waals surface area contributed by atoms with Gasteiger partial charge in [0.15, 0.2) is 11.6 Å². The summed E-state index contributed by atoms with van der Waals surface area (Å²) >= 11 is 0. The number of nitrogens with zero attached hydrogens (tertiary/aromatic N) is 5. The molecule has 1 aliphatic rings. The second kappa shape index (κ2) is 9.02. The number of aromatic nitrogens is 4. The summed E-state index contributed by atoms with van der Waals surface area (Å²) in [5.41, 5.74) is 1.80. The van der Waals surface area contributed by atoms with E-state index in [0.717, 1.165) is 5.69 Å². The SMILES string of the molecule is Cc1cn(-c2ccc(Nc3ncc4c(n3)N(C)C(c3ccccc3OC(F)(F)F)CO4)cc2F)cn1. The summed E-state index contributed by atoms with van der Waals surface area (Å²) in [6.07, 6.45) is -0.142. The van der Waals surface area contributed by atoms with E-state index in [1.165, 1.54) is 30.7 Å². The molecule has 1 aliphatic heterocycles. The van der Waals surface area contributed by atoms with Crippen molar-refractivity contribution in [3.05, 3.63) is 78.3 Å². The molecule has 12 heteroatoms. The lowest BCUT2D eigenvalue weighted by Crippen LogP contribution is -2.35. The van der Waals surface area contributed by atoms with Gasteiger partial charge >= 0.3 is 6.36 Å². The molecule has 36 heavy (non-hydrogen) atoms. The molecule has 0 aliphatic carbocycles. The van der Waals surface area contributed by atoms with Crippen molar-refractivity contribution in [2.75, 3.05) is 23.9 Å². The van der Waals surface area contributed by atoms with Crippen LogP contribution in [0.4, 0.5) is 35.0 Å². The van der Waals surface area contributed by atoms with Crippen LogP contribution < -0.4 is 19.7 Å². The number of ether oxygens (including phenoxy) is 2. The number of benzene rings is 2. The first kappa shape index (κ1) is 23.4. The predicted octanol–water partition coefficient (Wildman–Crippen LogP) is 5.32. The topological polar surface area (TPSA) is 77.3 Å². The first-order valence-corrected chi connectivity index (χ1v) is 10.8. The maximum atomic E-state index is 14.7. The lowest BCUT2D eigenvalue weighted by Gasteiger charge is -2.35. The zero-order valence-electron chi connectivity index (χ0n) is 19.1. The van der Waals surface area contributed by atoms with Crippen molar-refractivity contribution in [2.45, 2.75) is 19.3 Å². The van der Waals surface area contributed by atoms with Gasteiger partial charge < -0.3 is 24.3 Å². The highest BCUT2D eigenvalue weighted by atomic mass is 19.4. The molecule has 0 radical (unpaired) electrons. The maximum Gasteiger partial charge on any atom is 0.573 e. The Morgan fingerprint density at radius 3 is 2.67 bits per heavy atom. The highest BCUT2D eigenvalue weighted by molar-refractivity contribution is 5.62. The lowest BCUT2D eigenvalue weighted by atomic mass is 10.0. The molecular weight excluding hydrogens is 480 g/mol. The monoisotopic (exact) mass is 500 g/mol. The standard InChI is InChI=1S/C24H20F4N6O2/c1-14-11-34(13-30-14)18-8-7-15(9-17(18)25)31-23-29-10-21-22(32-23)33(2)19(12-35-21)16-5-3-4-6-20(16)36-24(26,27)28/h3-11,13,19H,12H2,1-2H3,(H,29,31,32). The number of halogens is 4. The predicted molar refractivity (Wildman–Crippen MR) is 123 cm³/mol. The fourth-order valence-electron chi connectivity index (χ4n) is 3.95. The van der Waals surface area contributed by atoms with Crippen LogP contribution >= 0.6 is 0 Å². The molecule has 5 rings (SSSR count). The van der Waals surface area contributed by atoms with Gasteiger partial charge in [-0.3, -0.25) is 0 Å². The summed E-state index contributed by atoms with van der Waals surface area (Å²) in [7, 11) is 1.69. The van der Waals surface area contributed by atoms with Crippen molar-refractivity contribution >= 4 is 17.5 Å². The third-order valence-corrected chi connectivity index (χ3v) is 5.63. The number of alkyl halides is 3. The van der Waals surface area contributed by atoms with E-state index in [-0.39, 0.29) is 18.3 Å². The minimum Gasteiger partial charge on any atom is -0.486 e. The van der Waals surface area contributed by atoms with Crippen LogP contribution in [-0.4, -0.2) is 39.5 Å². The number of hydrogen-bond acceptors (Lipinski definition) is 7. The van der Waals surface area contributed by atoms with Gasteiger partial charge in [0.25, 0.3) is 0 Å². The van der Waals surface area contributed by atoms with E-state index in [0.29, 0.717) is 28.5 Å². The minimum atomic E-state index is -4.83. The molecule has 1 atom stereocenters. The van der Waals surface area contributed by atoms with Gasteiger partial charge in [-0.25, -0.2) is 14.4 Å². The number of fused-ring (bicyclic) bond motifs is 1. The summed E-state index contributed by atoms with van der Waals surface area (Å²) in [4.78, 5) is 14.5. The van der Waals surface area contributed by atoms with Crippen molar-refractivity contribution in [3.63, 3.8) is 0 Å². The van der Waals surface area contributed by atoms with Crippen LogP contribution in [0.25, 0.3) is 5.69 Å². The number of para-hydroxylation sites is 1. The van der Waals surface area contributed by atoms with Gasteiger partial charge in [-0.15, -0.1) is 13.2 Å². The van der Waals surface area contributed by atoms with Crippen LogP contribution in [0, 0.1) is 12.7 Å². The van der Waals surface area contributed by atoms with Crippen molar-refractivity contribution < 1.29 is 27.0 Å². The van der Waals surface area contributed by atoms with Crippen molar-refractivity contribution in [2.24, 2.45) is 0 Å². The molecule has 4 aromatic rings. The third-order valence-electron chi connectivity index (χ3n) is 5.63. The molecule has 8 nitrogen and oxygen atoms in total. The largest absolute Gasteiger partial charge is 0.573 e. The van der Waals surface area contributed by atoms with E-state index >= 15 is 0 Å². The molecule has 2 aromatic carbocycles. The number of anilines is 3. The Bertz CT molecular complexity index is 1410. The fourth-order valence-corrected chi connectivity index (χ4v) is 3.95. The summed E-state index contributed by atoms with van der Waals surface area (Å²) in [6.45, 7) is 1.88. The Kier molecular flexibility index (Phi) is 5.86. The molecule has 0 saturated carbocycles. The van der Waals surface area contributed by atoms with Gasteiger partial charge in [-0.1, -0.05) is 18.2 Å². The highest BCUT2D eigenvalue weighted by Gasteiger charge is 2.35. The molecule has 186 valence electrons. The Morgan fingerprint density at radius 1 is 1.14 bits per heavy atom. The van der Waals surface area contributed by atoms with Gasteiger partial charge in [0.05, 0.1) is 29.9 Å². The normalized spacial score (nSPS) is 15.3. The Labute approximate surface area is 203 Å². The van der Waals surface area contributed by atoms with Crippen molar-refractivity contribution in [3.8, 4) is 17.2 Å². The molecule has 0 bridgehead atoms. The number of imidazole rings is 1. The van der Waals surface area contributed by atoms with Crippen LogP contribution in [0.5, 0.6) is 11.5 Å². The van der Waals surface area contributed by atoms with Crippen molar-refractivity contribution in [1.82, 2.24) is 19.5 Å². The van der Waals surface area contributed by atoms with Crippen LogP contribution in [0.2, 0.25) is 0 Å². The molecule has 1 N–H and O–H groups in total. The van der Waals surface area contributed by atoms with Crippen LogP contribution in [0.3, 0.4) is 0 Å². The molecule has 0 amide bonds. The quantitative estimate of drug-likeness (QED) is 0.372. The molecule has 0 saturated heterocycles. The Hall–Kier alpha value is -4.35. The lowest BCUT2D eigenvalue weighted by molar-refractivity contribution is -0.275. The molecule has 1 unspecified atom stereocenters. The second-order valence-corrected chi connectivity index (χ2v) is 8.12. The third kappa shape index (κ3) is 4.74. The fraction of sp³-hybridized carbons (Fsp3) is 0.208. The van der Waals surface area contributed by atoms with Gasteiger partial charge in [0, 0.05) is 24.5 Å². The average Bonchev–Trinajstić information content (AvgIpc) is 3.25. The zero-order chi connectivity index (χ0) is 25.4. The number of nitrogens with one attached hydrogen (secondary N) is 1. The van der Waals surface area contributed by atoms with E-state index in [9.17, 15) is 17.6 Å². The number of likely N-dealkylation sites (N-methyl/N-ethyl adjacent to an activating group) is 1. The van der Waals surface area contributed by atoms with E-state index in [2.05, 4.69) is 25.0 Å². The summed E-state index contributed by atoms with van der Waals surface area (Å²) in [6, 6.07) is 9.86. The van der Waals surface area contributed by atoms with Crippen LogP contribution in [0.15, 0.2) is 61.2 Å². The molecule has 2 aromatic heterocycles. The zero-order valence-corrected chi connectivity index (χ0v) is 19.1. The van der Waals surface area contributed by atoms with Crippen molar-refractivity contribution in [1.29, 1.82) is 0 Å².